The van der Waals surface area contributed by atoms with Gasteiger partial charge < -0.3 is 30.2 Å². The lowest BCUT2D eigenvalue weighted by atomic mass is 9.99. The Labute approximate surface area is 249 Å². The van der Waals surface area contributed by atoms with Crippen molar-refractivity contribution >= 4 is 28.4 Å². The van der Waals surface area contributed by atoms with Gasteiger partial charge in [0.15, 0.2) is 23.1 Å². The van der Waals surface area contributed by atoms with Crippen LogP contribution in [0.25, 0.3) is 10.9 Å². The van der Waals surface area contributed by atoms with Crippen LogP contribution in [0.2, 0.25) is 0 Å². The number of amides is 2. The molecule has 1 saturated heterocycles. The SMILES string of the molecule is CC[C@H](NC(=O)C(=O)Nc1ccc(Oc2ccnc3cc(OCC4CCNCC4)c(OC)cc23)c(F)c1)c1ccccc1. The molecule has 43 heavy (non-hydrogen) atoms. The Morgan fingerprint density at radius 1 is 0.977 bits per heavy atom. The number of nitrogens with zero attached hydrogens (tertiary/aromatic N) is 1. The largest absolute Gasteiger partial charge is 0.493 e. The van der Waals surface area contributed by atoms with Gasteiger partial charge in [0.25, 0.3) is 0 Å². The van der Waals surface area contributed by atoms with E-state index in [0.29, 0.717) is 47.1 Å². The molecule has 0 bridgehead atoms. The number of anilines is 1. The van der Waals surface area contributed by atoms with E-state index in [1.165, 1.54) is 12.1 Å². The summed E-state index contributed by atoms with van der Waals surface area (Å²) in [5.74, 6) is -0.536. The number of piperidine rings is 1. The van der Waals surface area contributed by atoms with Crippen molar-refractivity contribution < 1.29 is 28.2 Å². The van der Waals surface area contributed by atoms with Crippen LogP contribution in [0, 0.1) is 11.7 Å². The number of hydrogen-bond acceptors (Lipinski definition) is 7. The van der Waals surface area contributed by atoms with Crippen molar-refractivity contribution in [2.75, 3.05) is 32.1 Å². The van der Waals surface area contributed by atoms with Crippen LogP contribution in [0.15, 0.2) is 72.9 Å². The van der Waals surface area contributed by atoms with Gasteiger partial charge in [0, 0.05) is 29.4 Å². The predicted octanol–water partition coefficient (Wildman–Crippen LogP) is 5.76. The molecule has 0 spiro atoms. The average Bonchev–Trinajstić information content (AvgIpc) is 3.04. The standard InChI is InChI=1S/C33H35FN4O5/c1-3-26(22-7-5-4-6-8-22)38-33(40)32(39)37-23-9-10-29(25(34)17-23)43-28-13-16-36-27-19-31(30(41-2)18-24(27)28)42-20-21-11-14-35-15-12-21/h4-10,13,16-19,21,26,35H,3,11-12,14-15,20H2,1-2H3,(H,37,39)(H,38,40)/t26-/m0/s1. The van der Waals surface area contributed by atoms with E-state index in [4.69, 9.17) is 14.2 Å². The van der Waals surface area contributed by atoms with Crippen molar-refractivity contribution in [2.24, 2.45) is 5.92 Å². The van der Waals surface area contributed by atoms with Gasteiger partial charge in [-0.2, -0.15) is 0 Å². The highest BCUT2D eigenvalue weighted by molar-refractivity contribution is 6.39. The number of carbonyl (C=O) groups is 2. The predicted molar refractivity (Wildman–Crippen MR) is 162 cm³/mol. The van der Waals surface area contributed by atoms with Crippen molar-refractivity contribution in [3.8, 4) is 23.0 Å². The summed E-state index contributed by atoms with van der Waals surface area (Å²) in [6.45, 7) is 4.47. The summed E-state index contributed by atoms with van der Waals surface area (Å²) in [6.07, 6.45) is 4.29. The molecule has 1 fully saturated rings. The number of nitrogens with one attached hydrogen (secondary N) is 3. The number of hydrogen-bond donors (Lipinski definition) is 3. The second-order valence-corrected chi connectivity index (χ2v) is 10.4. The molecule has 3 N–H and O–H groups in total. The number of fused-ring (bicyclic) bond motifs is 1. The molecule has 4 aromatic rings. The van der Waals surface area contributed by atoms with Crippen LogP contribution in [-0.2, 0) is 9.59 Å². The minimum absolute atomic E-state index is 0.0599. The fraction of sp³-hybridized carbons (Fsp3) is 0.303. The quantitative estimate of drug-likeness (QED) is 0.203. The topological polar surface area (TPSA) is 111 Å². The molecule has 0 unspecified atom stereocenters. The van der Waals surface area contributed by atoms with E-state index >= 15 is 4.39 Å². The van der Waals surface area contributed by atoms with Crippen LogP contribution >= 0.6 is 0 Å². The molecule has 1 aromatic heterocycles. The van der Waals surface area contributed by atoms with E-state index in [9.17, 15) is 9.59 Å². The summed E-state index contributed by atoms with van der Waals surface area (Å²) < 4.78 is 32.7. The van der Waals surface area contributed by atoms with Gasteiger partial charge in [-0.05, 0) is 68.1 Å². The van der Waals surface area contributed by atoms with Gasteiger partial charge in [0.05, 0.1) is 25.3 Å². The number of benzene rings is 3. The number of rotatable bonds is 10. The molecule has 2 heterocycles. The maximum absolute atomic E-state index is 15.1. The van der Waals surface area contributed by atoms with Gasteiger partial charge in [-0.15, -0.1) is 0 Å². The lowest BCUT2D eigenvalue weighted by molar-refractivity contribution is -0.136. The first-order valence-corrected chi connectivity index (χ1v) is 14.4. The second-order valence-electron chi connectivity index (χ2n) is 10.4. The van der Waals surface area contributed by atoms with Crippen LogP contribution in [-0.4, -0.2) is 43.6 Å². The number of pyridine rings is 1. The molecule has 0 saturated carbocycles. The lowest BCUT2D eigenvalue weighted by Gasteiger charge is -2.23. The molecule has 3 aromatic carbocycles. The van der Waals surface area contributed by atoms with E-state index in [2.05, 4.69) is 20.9 Å². The summed E-state index contributed by atoms with van der Waals surface area (Å²) >= 11 is 0. The zero-order valence-corrected chi connectivity index (χ0v) is 24.2. The second kappa shape index (κ2) is 14.0. The Kier molecular flexibility index (Phi) is 9.68. The average molecular weight is 587 g/mol. The first-order chi connectivity index (χ1) is 20.9. The Hall–Kier alpha value is -4.70. The number of carbonyl (C=O) groups excluding carboxylic acids is 2. The molecule has 1 atom stereocenters. The van der Waals surface area contributed by atoms with Gasteiger partial charge in [0.2, 0.25) is 0 Å². The third kappa shape index (κ3) is 7.39. The van der Waals surface area contributed by atoms with Crippen molar-refractivity contribution in [1.82, 2.24) is 15.6 Å². The Morgan fingerprint density at radius 2 is 1.77 bits per heavy atom. The van der Waals surface area contributed by atoms with E-state index in [1.54, 1.807) is 31.5 Å². The van der Waals surface area contributed by atoms with E-state index in [1.807, 2.05) is 37.3 Å². The summed E-state index contributed by atoms with van der Waals surface area (Å²) in [5, 5.41) is 9.14. The third-order valence-electron chi connectivity index (χ3n) is 7.45. The maximum atomic E-state index is 15.1. The van der Waals surface area contributed by atoms with Crippen molar-refractivity contribution in [2.45, 2.75) is 32.2 Å². The molecule has 1 aliphatic rings. The normalized spacial score (nSPS) is 14.1. The summed E-state index contributed by atoms with van der Waals surface area (Å²) in [4.78, 5) is 29.5. The summed E-state index contributed by atoms with van der Waals surface area (Å²) in [7, 11) is 1.56. The van der Waals surface area contributed by atoms with Gasteiger partial charge in [-0.3, -0.25) is 14.6 Å². The van der Waals surface area contributed by atoms with Gasteiger partial charge in [-0.1, -0.05) is 37.3 Å². The molecule has 0 aliphatic carbocycles. The molecular weight excluding hydrogens is 551 g/mol. The zero-order chi connectivity index (χ0) is 30.2. The number of methoxy groups -OCH3 is 1. The Morgan fingerprint density at radius 3 is 2.49 bits per heavy atom. The summed E-state index contributed by atoms with van der Waals surface area (Å²) in [6, 6.07) is 18.2. The van der Waals surface area contributed by atoms with Crippen molar-refractivity contribution in [3.05, 3.63) is 84.3 Å². The molecule has 2 amide bonds. The van der Waals surface area contributed by atoms with Crippen molar-refractivity contribution in [3.63, 3.8) is 0 Å². The van der Waals surface area contributed by atoms with E-state index < -0.39 is 17.6 Å². The number of aromatic nitrogens is 1. The highest BCUT2D eigenvalue weighted by Gasteiger charge is 2.20. The van der Waals surface area contributed by atoms with Gasteiger partial charge in [0.1, 0.15) is 5.75 Å². The monoisotopic (exact) mass is 586 g/mol. The lowest BCUT2D eigenvalue weighted by Crippen LogP contribution is -2.37. The van der Waals surface area contributed by atoms with Crippen LogP contribution in [0.3, 0.4) is 0 Å². The molecule has 10 heteroatoms. The van der Waals surface area contributed by atoms with Crippen LogP contribution in [0.5, 0.6) is 23.0 Å². The summed E-state index contributed by atoms with van der Waals surface area (Å²) in [5.41, 5.74) is 1.62. The zero-order valence-electron chi connectivity index (χ0n) is 24.2. The van der Waals surface area contributed by atoms with Crippen LogP contribution in [0.1, 0.15) is 37.8 Å². The Balaban J connectivity index is 1.26. The smallest absolute Gasteiger partial charge is 0.313 e. The number of ether oxygens (including phenoxy) is 3. The van der Waals surface area contributed by atoms with Crippen LogP contribution < -0.4 is 30.2 Å². The fourth-order valence-corrected chi connectivity index (χ4v) is 5.04. The van der Waals surface area contributed by atoms with Crippen LogP contribution in [0.4, 0.5) is 10.1 Å². The number of halogens is 1. The maximum Gasteiger partial charge on any atom is 0.313 e. The highest BCUT2D eigenvalue weighted by atomic mass is 19.1. The molecule has 1 aliphatic heterocycles. The van der Waals surface area contributed by atoms with Gasteiger partial charge in [-0.25, -0.2) is 4.39 Å². The molecule has 9 nitrogen and oxygen atoms in total. The highest BCUT2D eigenvalue weighted by Crippen LogP contribution is 2.38. The molecule has 0 radical (unpaired) electrons. The fourth-order valence-electron chi connectivity index (χ4n) is 5.04. The Bertz CT molecular complexity index is 1580. The molecule has 5 rings (SSSR count). The molecular formula is C33H35FN4O5. The first-order valence-electron chi connectivity index (χ1n) is 14.4. The third-order valence-corrected chi connectivity index (χ3v) is 7.45. The van der Waals surface area contributed by atoms with E-state index in [-0.39, 0.29) is 17.5 Å². The first kappa shape index (κ1) is 29.8. The van der Waals surface area contributed by atoms with Crippen molar-refractivity contribution in [1.29, 1.82) is 0 Å². The minimum atomic E-state index is -0.896. The minimum Gasteiger partial charge on any atom is -0.493 e. The van der Waals surface area contributed by atoms with Gasteiger partial charge >= 0.3 is 11.8 Å². The molecule has 224 valence electrons. The van der Waals surface area contributed by atoms with E-state index in [0.717, 1.165) is 37.6 Å².